The van der Waals surface area contributed by atoms with Crippen molar-refractivity contribution in [3.05, 3.63) is 41.7 Å². The normalized spacial score (nSPS) is 11.2. The van der Waals surface area contributed by atoms with Crippen molar-refractivity contribution in [2.24, 2.45) is 0 Å². The number of carbonyl (C=O) groups is 1. The molecule has 1 aromatic carbocycles. The third kappa shape index (κ3) is 3.01. The minimum absolute atomic E-state index is 0.400. The Morgan fingerprint density at radius 1 is 1.36 bits per heavy atom. The summed E-state index contributed by atoms with van der Waals surface area (Å²) in [6.07, 6.45) is 0.812. The van der Waals surface area contributed by atoms with Gasteiger partial charge in [0.25, 0.3) is 0 Å². The molecule has 0 bridgehead atoms. The maximum atomic E-state index is 13.2. The highest BCUT2D eigenvalue weighted by Gasteiger charge is 2.00. The number of ether oxygens (including phenoxy) is 1. The zero-order chi connectivity index (χ0) is 10.6. The Morgan fingerprint density at radius 2 is 1.93 bits per heavy atom. The van der Waals surface area contributed by atoms with Crippen molar-refractivity contribution in [3.63, 3.8) is 0 Å². The van der Waals surface area contributed by atoms with Gasteiger partial charge in [-0.1, -0.05) is 29.8 Å². The molecular weight excluding hydrogens is 183 g/mol. The summed E-state index contributed by atoms with van der Waals surface area (Å²) >= 11 is 0. The van der Waals surface area contributed by atoms with Crippen LogP contribution in [0.2, 0.25) is 0 Å². The number of hydrogen-bond acceptors (Lipinski definition) is 2. The fourth-order valence-electron chi connectivity index (χ4n) is 0.916. The minimum Gasteiger partial charge on any atom is -0.432 e. The SMILES string of the molecule is CC(=O)O/C=C(\F)c1ccc(C)cc1. The fourth-order valence-corrected chi connectivity index (χ4v) is 0.916. The average Bonchev–Trinajstić information content (AvgIpc) is 2.15. The van der Waals surface area contributed by atoms with Gasteiger partial charge < -0.3 is 4.74 Å². The third-order valence-electron chi connectivity index (χ3n) is 1.66. The van der Waals surface area contributed by atoms with Gasteiger partial charge in [-0.2, -0.15) is 0 Å². The molecule has 0 fully saturated rings. The summed E-state index contributed by atoms with van der Waals surface area (Å²) in [6, 6.07) is 6.84. The highest BCUT2D eigenvalue weighted by Crippen LogP contribution is 2.16. The molecule has 14 heavy (non-hydrogen) atoms. The molecule has 0 atom stereocenters. The van der Waals surface area contributed by atoms with Gasteiger partial charge in [-0.3, -0.25) is 4.79 Å². The van der Waals surface area contributed by atoms with Crippen LogP contribution >= 0.6 is 0 Å². The molecule has 74 valence electrons. The van der Waals surface area contributed by atoms with E-state index in [1.165, 1.54) is 6.92 Å². The highest BCUT2D eigenvalue weighted by atomic mass is 19.1. The van der Waals surface area contributed by atoms with Crippen LogP contribution in [0.25, 0.3) is 5.83 Å². The van der Waals surface area contributed by atoms with Crippen molar-refractivity contribution >= 4 is 11.8 Å². The lowest BCUT2D eigenvalue weighted by molar-refractivity contribution is -0.135. The molecule has 3 heteroatoms. The standard InChI is InChI=1S/C11H11FO2/c1-8-3-5-10(6-4-8)11(12)7-14-9(2)13/h3-7H,1-2H3/b11-7-. The van der Waals surface area contributed by atoms with Gasteiger partial charge in [-0.05, 0) is 6.92 Å². The molecule has 0 N–H and O–H groups in total. The summed E-state index contributed by atoms with van der Waals surface area (Å²) in [5, 5.41) is 0. The number of esters is 1. The number of hydrogen-bond donors (Lipinski definition) is 0. The molecular formula is C11H11FO2. The summed E-state index contributed by atoms with van der Waals surface area (Å²) < 4.78 is 17.6. The lowest BCUT2D eigenvalue weighted by Crippen LogP contribution is -1.91. The van der Waals surface area contributed by atoms with Crippen LogP contribution in [0.15, 0.2) is 30.5 Å². The molecule has 0 aliphatic heterocycles. The largest absolute Gasteiger partial charge is 0.432 e. The lowest BCUT2D eigenvalue weighted by Gasteiger charge is -1.98. The summed E-state index contributed by atoms with van der Waals surface area (Å²) in [5.74, 6) is -1.09. The first-order chi connectivity index (χ1) is 6.59. The van der Waals surface area contributed by atoms with E-state index in [2.05, 4.69) is 4.74 Å². The van der Waals surface area contributed by atoms with Crippen molar-refractivity contribution in [2.45, 2.75) is 13.8 Å². The quantitative estimate of drug-likeness (QED) is 0.534. The number of halogens is 1. The van der Waals surface area contributed by atoms with Gasteiger partial charge in [0.05, 0.1) is 0 Å². The monoisotopic (exact) mass is 194 g/mol. The predicted octanol–water partition coefficient (Wildman–Crippen LogP) is 2.83. The van der Waals surface area contributed by atoms with Crippen molar-refractivity contribution in [1.82, 2.24) is 0 Å². The molecule has 0 saturated carbocycles. The molecule has 0 unspecified atom stereocenters. The lowest BCUT2D eigenvalue weighted by atomic mass is 10.1. The average molecular weight is 194 g/mol. The molecule has 0 saturated heterocycles. The maximum Gasteiger partial charge on any atom is 0.307 e. The molecule has 0 spiro atoms. The van der Waals surface area contributed by atoms with E-state index in [-0.39, 0.29) is 0 Å². The minimum atomic E-state index is -0.555. The second-order valence-electron chi connectivity index (χ2n) is 2.94. The smallest absolute Gasteiger partial charge is 0.307 e. The first-order valence-electron chi connectivity index (χ1n) is 4.19. The van der Waals surface area contributed by atoms with Crippen molar-refractivity contribution in [3.8, 4) is 0 Å². The van der Waals surface area contributed by atoms with Crippen LogP contribution in [0.4, 0.5) is 4.39 Å². The molecule has 2 nitrogen and oxygen atoms in total. The van der Waals surface area contributed by atoms with Crippen LogP contribution in [0.1, 0.15) is 18.1 Å². The van der Waals surface area contributed by atoms with E-state index in [1.54, 1.807) is 24.3 Å². The predicted molar refractivity (Wildman–Crippen MR) is 52.0 cm³/mol. The highest BCUT2D eigenvalue weighted by molar-refractivity contribution is 5.68. The van der Waals surface area contributed by atoms with Crippen LogP contribution in [-0.2, 0) is 9.53 Å². The van der Waals surface area contributed by atoms with E-state index in [0.29, 0.717) is 5.56 Å². The Morgan fingerprint density at radius 3 is 2.43 bits per heavy atom. The van der Waals surface area contributed by atoms with E-state index in [1.807, 2.05) is 6.92 Å². The van der Waals surface area contributed by atoms with Gasteiger partial charge in [-0.15, -0.1) is 0 Å². The van der Waals surface area contributed by atoms with E-state index in [4.69, 9.17) is 0 Å². The summed E-state index contributed by atoms with van der Waals surface area (Å²) in [7, 11) is 0. The van der Waals surface area contributed by atoms with Gasteiger partial charge in [0.15, 0.2) is 5.83 Å². The molecule has 0 aliphatic rings. The topological polar surface area (TPSA) is 26.3 Å². The van der Waals surface area contributed by atoms with Gasteiger partial charge in [0, 0.05) is 12.5 Å². The van der Waals surface area contributed by atoms with Crippen molar-refractivity contribution in [2.75, 3.05) is 0 Å². The van der Waals surface area contributed by atoms with Gasteiger partial charge in [0.2, 0.25) is 0 Å². The number of benzene rings is 1. The molecule has 0 heterocycles. The fraction of sp³-hybridized carbons (Fsp3) is 0.182. The molecule has 0 amide bonds. The van der Waals surface area contributed by atoms with Crippen LogP contribution in [-0.4, -0.2) is 5.97 Å². The van der Waals surface area contributed by atoms with E-state index in [0.717, 1.165) is 11.8 Å². The van der Waals surface area contributed by atoms with E-state index >= 15 is 0 Å². The zero-order valence-electron chi connectivity index (χ0n) is 8.08. The summed E-state index contributed by atoms with van der Waals surface area (Å²) in [6.45, 7) is 3.14. The van der Waals surface area contributed by atoms with E-state index in [9.17, 15) is 9.18 Å². The number of aryl methyl sites for hydroxylation is 1. The molecule has 0 aromatic heterocycles. The molecule has 1 rings (SSSR count). The number of rotatable bonds is 2. The van der Waals surface area contributed by atoms with Crippen LogP contribution in [0.3, 0.4) is 0 Å². The summed E-state index contributed by atoms with van der Waals surface area (Å²) in [5.41, 5.74) is 1.45. The second-order valence-corrected chi connectivity index (χ2v) is 2.94. The number of carbonyl (C=O) groups excluding carboxylic acids is 1. The Labute approximate surface area is 82.0 Å². The maximum absolute atomic E-state index is 13.2. The third-order valence-corrected chi connectivity index (χ3v) is 1.66. The van der Waals surface area contributed by atoms with E-state index < -0.39 is 11.8 Å². The first kappa shape index (κ1) is 10.4. The van der Waals surface area contributed by atoms with Crippen molar-refractivity contribution in [1.29, 1.82) is 0 Å². The molecule has 0 aliphatic carbocycles. The van der Waals surface area contributed by atoms with Gasteiger partial charge >= 0.3 is 5.97 Å². The van der Waals surface area contributed by atoms with Gasteiger partial charge in [0.1, 0.15) is 6.26 Å². The summed E-state index contributed by atoms with van der Waals surface area (Å²) in [4.78, 5) is 10.4. The Balaban J connectivity index is 2.78. The van der Waals surface area contributed by atoms with Gasteiger partial charge in [-0.25, -0.2) is 4.39 Å². The van der Waals surface area contributed by atoms with Crippen LogP contribution in [0, 0.1) is 6.92 Å². The Hall–Kier alpha value is -1.64. The van der Waals surface area contributed by atoms with Crippen LogP contribution in [0.5, 0.6) is 0 Å². The Kier molecular flexibility index (Phi) is 3.40. The molecule has 0 radical (unpaired) electrons. The van der Waals surface area contributed by atoms with Crippen molar-refractivity contribution < 1.29 is 13.9 Å². The second kappa shape index (κ2) is 4.56. The zero-order valence-corrected chi connectivity index (χ0v) is 8.08. The Bertz CT molecular complexity index is 352. The molecule has 1 aromatic rings. The van der Waals surface area contributed by atoms with Crippen LogP contribution < -0.4 is 0 Å². The first-order valence-corrected chi connectivity index (χ1v) is 4.19.